The highest BCUT2D eigenvalue weighted by molar-refractivity contribution is 6.04. The van der Waals surface area contributed by atoms with Crippen LogP contribution in [0.5, 0.6) is 5.75 Å². The van der Waals surface area contributed by atoms with Gasteiger partial charge in [-0.25, -0.2) is 0 Å². The Hall–Kier alpha value is -2.86. The number of anilines is 1. The number of hydrogen-bond donors (Lipinski definition) is 0. The van der Waals surface area contributed by atoms with Crippen molar-refractivity contribution in [3.05, 3.63) is 59.7 Å². The van der Waals surface area contributed by atoms with Crippen LogP contribution in [0.4, 0.5) is 5.69 Å². The minimum Gasteiger partial charge on any atom is -0.476 e. The summed E-state index contributed by atoms with van der Waals surface area (Å²) in [6.07, 6.45) is 0. The third-order valence-electron chi connectivity index (χ3n) is 5.10. The van der Waals surface area contributed by atoms with E-state index in [9.17, 15) is 9.59 Å². The minimum absolute atomic E-state index is 0.0527. The fourth-order valence-corrected chi connectivity index (χ4v) is 3.57. The van der Waals surface area contributed by atoms with E-state index >= 15 is 0 Å². The second-order valence-electron chi connectivity index (χ2n) is 7.58. The molecule has 2 aliphatic heterocycles. The van der Waals surface area contributed by atoms with Crippen LogP contribution in [-0.4, -0.2) is 48.6 Å². The molecule has 0 saturated carbocycles. The van der Waals surface area contributed by atoms with Gasteiger partial charge in [0.05, 0.1) is 25.4 Å². The van der Waals surface area contributed by atoms with E-state index in [0.29, 0.717) is 49.8 Å². The highest BCUT2D eigenvalue weighted by Crippen LogP contribution is 2.39. The van der Waals surface area contributed by atoms with Crippen molar-refractivity contribution in [1.82, 2.24) is 4.90 Å². The summed E-state index contributed by atoms with van der Waals surface area (Å²) in [7, 11) is 0. The zero-order valence-corrected chi connectivity index (χ0v) is 16.2. The summed E-state index contributed by atoms with van der Waals surface area (Å²) in [6, 6.07) is 15.1. The van der Waals surface area contributed by atoms with E-state index in [1.807, 2.05) is 30.3 Å². The van der Waals surface area contributed by atoms with Gasteiger partial charge in [0.1, 0.15) is 5.75 Å². The summed E-state index contributed by atoms with van der Waals surface area (Å²) in [6.45, 7) is 6.21. The number of morpholine rings is 1. The van der Waals surface area contributed by atoms with Crippen LogP contribution in [0.15, 0.2) is 48.5 Å². The molecule has 0 atom stereocenters. The Kier molecular flexibility index (Phi) is 4.81. The average Bonchev–Trinajstić information content (AvgIpc) is 2.72. The number of hydrogen-bond acceptors (Lipinski definition) is 4. The van der Waals surface area contributed by atoms with Crippen molar-refractivity contribution in [2.75, 3.05) is 31.2 Å². The molecule has 146 valence electrons. The first-order chi connectivity index (χ1) is 13.5. The molecule has 2 amide bonds. The maximum absolute atomic E-state index is 13.1. The SMILES string of the molecule is CC1(C)Oc2ccc(C(=O)N3CCOCC3)cc2N(Cc2ccccc2)C1=O. The van der Waals surface area contributed by atoms with Crippen molar-refractivity contribution in [3.8, 4) is 5.75 Å². The molecule has 0 unspecified atom stereocenters. The van der Waals surface area contributed by atoms with Crippen LogP contribution in [0.3, 0.4) is 0 Å². The van der Waals surface area contributed by atoms with E-state index in [0.717, 1.165) is 5.56 Å². The van der Waals surface area contributed by atoms with Gasteiger partial charge in [-0.2, -0.15) is 0 Å². The molecule has 0 aromatic heterocycles. The Labute approximate surface area is 164 Å². The Morgan fingerprint density at radius 2 is 1.79 bits per heavy atom. The van der Waals surface area contributed by atoms with Gasteiger partial charge in [-0.05, 0) is 37.6 Å². The number of benzene rings is 2. The van der Waals surface area contributed by atoms with Crippen LogP contribution in [0, 0.1) is 0 Å². The fraction of sp³-hybridized carbons (Fsp3) is 0.364. The van der Waals surface area contributed by atoms with Crippen molar-refractivity contribution in [2.24, 2.45) is 0 Å². The molecule has 0 N–H and O–H groups in total. The zero-order chi connectivity index (χ0) is 19.7. The first-order valence-electron chi connectivity index (χ1n) is 9.52. The molecular weight excluding hydrogens is 356 g/mol. The first kappa shape index (κ1) is 18.5. The van der Waals surface area contributed by atoms with Gasteiger partial charge < -0.3 is 19.3 Å². The van der Waals surface area contributed by atoms with Gasteiger partial charge in [-0.3, -0.25) is 9.59 Å². The summed E-state index contributed by atoms with van der Waals surface area (Å²) >= 11 is 0. The Bertz CT molecular complexity index is 889. The Morgan fingerprint density at radius 3 is 2.50 bits per heavy atom. The Morgan fingerprint density at radius 1 is 1.07 bits per heavy atom. The summed E-state index contributed by atoms with van der Waals surface area (Å²) in [5.41, 5.74) is 1.24. The molecule has 2 aliphatic rings. The second kappa shape index (κ2) is 7.28. The van der Waals surface area contributed by atoms with Gasteiger partial charge in [-0.1, -0.05) is 30.3 Å². The predicted octanol–water partition coefficient (Wildman–Crippen LogP) is 2.86. The lowest BCUT2D eigenvalue weighted by atomic mass is 10.0. The van der Waals surface area contributed by atoms with Gasteiger partial charge in [0.15, 0.2) is 5.60 Å². The third kappa shape index (κ3) is 3.47. The smallest absolute Gasteiger partial charge is 0.271 e. The molecule has 0 aliphatic carbocycles. The normalized spacial score (nSPS) is 18.4. The van der Waals surface area contributed by atoms with E-state index in [-0.39, 0.29) is 11.8 Å². The lowest BCUT2D eigenvalue weighted by Crippen LogP contribution is -2.52. The van der Waals surface area contributed by atoms with Crippen LogP contribution in [0.25, 0.3) is 0 Å². The number of carbonyl (C=O) groups excluding carboxylic acids is 2. The monoisotopic (exact) mass is 380 g/mol. The number of rotatable bonds is 3. The van der Waals surface area contributed by atoms with Crippen molar-refractivity contribution in [2.45, 2.75) is 26.0 Å². The van der Waals surface area contributed by atoms with Gasteiger partial charge in [-0.15, -0.1) is 0 Å². The van der Waals surface area contributed by atoms with Crippen LogP contribution in [-0.2, 0) is 16.1 Å². The van der Waals surface area contributed by atoms with Gasteiger partial charge in [0, 0.05) is 18.7 Å². The maximum Gasteiger partial charge on any atom is 0.271 e. The van der Waals surface area contributed by atoms with E-state index in [2.05, 4.69) is 0 Å². The molecule has 28 heavy (non-hydrogen) atoms. The van der Waals surface area contributed by atoms with Gasteiger partial charge >= 0.3 is 0 Å². The van der Waals surface area contributed by atoms with Crippen LogP contribution < -0.4 is 9.64 Å². The van der Waals surface area contributed by atoms with Gasteiger partial charge in [0.2, 0.25) is 0 Å². The van der Waals surface area contributed by atoms with E-state index in [4.69, 9.17) is 9.47 Å². The molecule has 0 radical (unpaired) electrons. The van der Waals surface area contributed by atoms with Crippen molar-refractivity contribution < 1.29 is 19.1 Å². The molecular formula is C22H24N2O4. The highest BCUT2D eigenvalue weighted by Gasteiger charge is 2.41. The molecule has 1 saturated heterocycles. The number of amides is 2. The Balaban J connectivity index is 1.69. The third-order valence-corrected chi connectivity index (χ3v) is 5.10. The first-order valence-corrected chi connectivity index (χ1v) is 9.52. The van der Waals surface area contributed by atoms with E-state index < -0.39 is 5.60 Å². The number of ether oxygens (including phenoxy) is 2. The van der Waals surface area contributed by atoms with Crippen molar-refractivity contribution >= 4 is 17.5 Å². The lowest BCUT2D eigenvalue weighted by Gasteiger charge is -2.39. The summed E-state index contributed by atoms with van der Waals surface area (Å²) in [4.78, 5) is 29.5. The number of fused-ring (bicyclic) bond motifs is 1. The number of carbonyl (C=O) groups is 2. The fourth-order valence-electron chi connectivity index (χ4n) is 3.57. The van der Waals surface area contributed by atoms with Crippen LogP contribution in [0.1, 0.15) is 29.8 Å². The van der Waals surface area contributed by atoms with E-state index in [1.165, 1.54) is 0 Å². The van der Waals surface area contributed by atoms with Crippen molar-refractivity contribution in [1.29, 1.82) is 0 Å². The topological polar surface area (TPSA) is 59.1 Å². The maximum atomic E-state index is 13.1. The largest absolute Gasteiger partial charge is 0.476 e. The molecule has 0 spiro atoms. The van der Waals surface area contributed by atoms with Crippen molar-refractivity contribution in [3.63, 3.8) is 0 Å². The quantitative estimate of drug-likeness (QED) is 0.822. The molecule has 2 aromatic carbocycles. The average molecular weight is 380 g/mol. The predicted molar refractivity (Wildman–Crippen MR) is 106 cm³/mol. The molecule has 4 rings (SSSR count). The molecule has 6 heteroatoms. The summed E-state index contributed by atoms with van der Waals surface area (Å²) in [5.74, 6) is 0.432. The molecule has 2 heterocycles. The van der Waals surface area contributed by atoms with Crippen LogP contribution in [0.2, 0.25) is 0 Å². The van der Waals surface area contributed by atoms with Gasteiger partial charge in [0.25, 0.3) is 11.8 Å². The molecule has 2 aromatic rings. The van der Waals surface area contributed by atoms with E-state index in [1.54, 1.807) is 41.8 Å². The summed E-state index contributed by atoms with van der Waals surface area (Å²) < 4.78 is 11.3. The zero-order valence-electron chi connectivity index (χ0n) is 16.2. The molecule has 1 fully saturated rings. The summed E-state index contributed by atoms with van der Waals surface area (Å²) in [5, 5.41) is 0. The number of nitrogens with zero attached hydrogens (tertiary/aromatic N) is 2. The molecule has 6 nitrogen and oxygen atoms in total. The lowest BCUT2D eigenvalue weighted by molar-refractivity contribution is -0.132. The molecule has 0 bridgehead atoms. The standard InChI is InChI=1S/C22H24N2O4/c1-22(2)21(26)24(15-16-6-4-3-5-7-16)18-14-17(8-9-19(18)28-22)20(25)23-10-12-27-13-11-23/h3-9,14H,10-13,15H2,1-2H3. The highest BCUT2D eigenvalue weighted by atomic mass is 16.5. The van der Waals surface area contributed by atoms with Crippen LogP contribution >= 0.6 is 0 Å². The minimum atomic E-state index is -0.961. The second-order valence-corrected chi connectivity index (χ2v) is 7.58.